The molecule has 21 heavy (non-hydrogen) atoms. The lowest BCUT2D eigenvalue weighted by Gasteiger charge is -2.36. The van der Waals surface area contributed by atoms with E-state index in [-0.39, 0.29) is 12.4 Å². The van der Waals surface area contributed by atoms with Crippen LogP contribution < -0.4 is 5.32 Å². The van der Waals surface area contributed by atoms with Crippen molar-refractivity contribution in [3.8, 4) is 0 Å². The van der Waals surface area contributed by atoms with Crippen molar-refractivity contribution < 1.29 is 13.2 Å². The number of hydrogen-bond donors (Lipinski definition) is 1. The molecule has 120 valence electrons. The lowest BCUT2D eigenvalue weighted by Crippen LogP contribution is -2.49. The molecule has 2 rings (SSSR count). The lowest BCUT2D eigenvalue weighted by molar-refractivity contribution is -0.187. The van der Waals surface area contributed by atoms with Crippen LogP contribution in [0.25, 0.3) is 0 Å². The Balaban J connectivity index is 0.00000220. The van der Waals surface area contributed by atoms with Crippen molar-refractivity contribution >= 4 is 12.4 Å². The Morgan fingerprint density at radius 2 is 1.48 bits per heavy atom. The molecule has 0 aliphatic carbocycles. The summed E-state index contributed by atoms with van der Waals surface area (Å²) in [4.78, 5) is 1.51. The third-order valence-corrected chi connectivity index (χ3v) is 3.75. The van der Waals surface area contributed by atoms with Gasteiger partial charge in [0.1, 0.15) is 6.04 Å². The van der Waals surface area contributed by atoms with E-state index >= 15 is 0 Å². The standard InChI is InChI=1S/C15H21F3N2.ClH/c1-11(2)12-3-5-13(6-4-12)14(15(16,17)18)20-9-7-19-8-10-20;/h3-6,11,14,19H,7-10H2,1-2H3;1H/t14-;/m0./s1. The Morgan fingerprint density at radius 3 is 1.90 bits per heavy atom. The van der Waals surface area contributed by atoms with Gasteiger partial charge in [-0.05, 0) is 17.0 Å². The predicted octanol–water partition coefficient (Wildman–Crippen LogP) is 3.74. The van der Waals surface area contributed by atoms with E-state index in [4.69, 9.17) is 0 Å². The van der Waals surface area contributed by atoms with Gasteiger partial charge in [0.2, 0.25) is 0 Å². The van der Waals surface area contributed by atoms with Crippen LogP contribution in [0.3, 0.4) is 0 Å². The van der Waals surface area contributed by atoms with Gasteiger partial charge in [-0.2, -0.15) is 13.2 Å². The fraction of sp³-hybridized carbons (Fsp3) is 0.600. The molecule has 0 unspecified atom stereocenters. The van der Waals surface area contributed by atoms with Crippen molar-refractivity contribution in [1.29, 1.82) is 0 Å². The zero-order valence-electron chi connectivity index (χ0n) is 12.3. The number of piperazine rings is 1. The number of halogens is 4. The summed E-state index contributed by atoms with van der Waals surface area (Å²) in [7, 11) is 0. The summed E-state index contributed by atoms with van der Waals surface area (Å²) in [5.74, 6) is 0.326. The number of hydrogen-bond acceptors (Lipinski definition) is 2. The van der Waals surface area contributed by atoms with Crippen LogP contribution >= 0.6 is 12.4 Å². The Kier molecular flexibility index (Phi) is 6.50. The number of alkyl halides is 3. The molecule has 1 fully saturated rings. The first-order valence-corrected chi connectivity index (χ1v) is 7.01. The third kappa shape index (κ3) is 4.59. The molecule has 0 bridgehead atoms. The van der Waals surface area contributed by atoms with Crippen LogP contribution in [0, 0.1) is 0 Å². The van der Waals surface area contributed by atoms with Crippen LogP contribution in [0.2, 0.25) is 0 Å². The summed E-state index contributed by atoms with van der Waals surface area (Å²) < 4.78 is 40.2. The quantitative estimate of drug-likeness (QED) is 0.912. The van der Waals surface area contributed by atoms with Crippen LogP contribution in [0.1, 0.15) is 36.9 Å². The van der Waals surface area contributed by atoms with Crippen molar-refractivity contribution in [3.63, 3.8) is 0 Å². The molecule has 0 aromatic heterocycles. The zero-order valence-corrected chi connectivity index (χ0v) is 13.1. The highest BCUT2D eigenvalue weighted by Gasteiger charge is 2.44. The average Bonchev–Trinajstić information content (AvgIpc) is 2.39. The van der Waals surface area contributed by atoms with Crippen molar-refractivity contribution in [3.05, 3.63) is 35.4 Å². The average molecular weight is 323 g/mol. The van der Waals surface area contributed by atoms with Crippen LogP contribution in [-0.4, -0.2) is 37.3 Å². The largest absolute Gasteiger partial charge is 0.408 e. The molecule has 0 saturated carbocycles. The van der Waals surface area contributed by atoms with E-state index in [2.05, 4.69) is 5.32 Å². The second-order valence-electron chi connectivity index (χ2n) is 5.55. The number of rotatable bonds is 3. The summed E-state index contributed by atoms with van der Waals surface area (Å²) in [5, 5.41) is 3.09. The molecule has 0 radical (unpaired) electrons. The molecule has 1 aromatic rings. The SMILES string of the molecule is CC(C)c1ccc([C@H](N2CCNCC2)C(F)(F)F)cc1.Cl. The fourth-order valence-corrected chi connectivity index (χ4v) is 2.61. The topological polar surface area (TPSA) is 15.3 Å². The van der Waals surface area contributed by atoms with E-state index in [9.17, 15) is 13.2 Å². The molecule has 6 heteroatoms. The van der Waals surface area contributed by atoms with Gasteiger partial charge in [0.15, 0.2) is 0 Å². The molecular formula is C15H22ClF3N2. The highest BCUT2D eigenvalue weighted by molar-refractivity contribution is 5.85. The molecular weight excluding hydrogens is 301 g/mol. The molecule has 1 saturated heterocycles. The van der Waals surface area contributed by atoms with Gasteiger partial charge in [0, 0.05) is 26.2 Å². The molecule has 1 aromatic carbocycles. The minimum atomic E-state index is -4.24. The number of nitrogens with zero attached hydrogens (tertiary/aromatic N) is 1. The van der Waals surface area contributed by atoms with Gasteiger partial charge in [-0.3, -0.25) is 4.90 Å². The molecule has 1 aliphatic rings. The third-order valence-electron chi connectivity index (χ3n) is 3.75. The fourth-order valence-electron chi connectivity index (χ4n) is 2.61. The lowest BCUT2D eigenvalue weighted by atomic mass is 9.98. The maximum Gasteiger partial charge on any atom is 0.408 e. The van der Waals surface area contributed by atoms with Crippen molar-refractivity contribution in [2.75, 3.05) is 26.2 Å². The van der Waals surface area contributed by atoms with Gasteiger partial charge in [-0.1, -0.05) is 38.1 Å². The highest BCUT2D eigenvalue weighted by Crippen LogP contribution is 2.38. The van der Waals surface area contributed by atoms with E-state index in [0.29, 0.717) is 37.7 Å². The second-order valence-corrected chi connectivity index (χ2v) is 5.55. The van der Waals surface area contributed by atoms with Gasteiger partial charge < -0.3 is 5.32 Å². The normalized spacial score (nSPS) is 18.4. The Bertz CT molecular complexity index is 426. The molecule has 1 atom stereocenters. The van der Waals surface area contributed by atoms with Crippen LogP contribution in [0.15, 0.2) is 24.3 Å². The highest BCUT2D eigenvalue weighted by atomic mass is 35.5. The summed E-state index contributed by atoms with van der Waals surface area (Å²) in [6.07, 6.45) is -4.24. The zero-order chi connectivity index (χ0) is 14.8. The summed E-state index contributed by atoms with van der Waals surface area (Å²) in [6.45, 7) is 6.14. The Morgan fingerprint density at radius 1 is 1.00 bits per heavy atom. The second kappa shape index (κ2) is 7.47. The molecule has 1 heterocycles. The first-order valence-electron chi connectivity index (χ1n) is 7.01. The van der Waals surface area contributed by atoms with E-state index in [1.165, 1.54) is 4.90 Å². The van der Waals surface area contributed by atoms with Crippen molar-refractivity contribution in [2.24, 2.45) is 0 Å². The van der Waals surface area contributed by atoms with Gasteiger partial charge in [-0.25, -0.2) is 0 Å². The maximum atomic E-state index is 13.4. The Hall–Kier alpha value is -0.780. The van der Waals surface area contributed by atoms with Gasteiger partial charge >= 0.3 is 6.18 Å². The smallest absolute Gasteiger partial charge is 0.314 e. The van der Waals surface area contributed by atoms with Crippen LogP contribution in [0.5, 0.6) is 0 Å². The minimum absolute atomic E-state index is 0. The van der Waals surface area contributed by atoms with Crippen LogP contribution in [-0.2, 0) is 0 Å². The molecule has 0 amide bonds. The molecule has 1 N–H and O–H groups in total. The number of nitrogens with one attached hydrogen (secondary N) is 1. The van der Waals surface area contributed by atoms with E-state index in [1.54, 1.807) is 24.3 Å². The minimum Gasteiger partial charge on any atom is -0.314 e. The molecule has 0 spiro atoms. The van der Waals surface area contributed by atoms with Crippen molar-refractivity contribution in [2.45, 2.75) is 32.0 Å². The summed E-state index contributed by atoms with van der Waals surface area (Å²) in [5.41, 5.74) is 1.40. The van der Waals surface area contributed by atoms with E-state index in [1.807, 2.05) is 13.8 Å². The first kappa shape index (κ1) is 18.3. The predicted molar refractivity (Wildman–Crippen MR) is 81.0 cm³/mol. The Labute approximate surface area is 130 Å². The summed E-state index contributed by atoms with van der Waals surface area (Å²) >= 11 is 0. The number of benzene rings is 1. The van der Waals surface area contributed by atoms with Crippen LogP contribution in [0.4, 0.5) is 13.2 Å². The first-order chi connectivity index (χ1) is 9.39. The molecule has 2 nitrogen and oxygen atoms in total. The van der Waals surface area contributed by atoms with E-state index < -0.39 is 12.2 Å². The maximum absolute atomic E-state index is 13.4. The summed E-state index contributed by atoms with van der Waals surface area (Å²) in [6, 6.07) is 5.36. The van der Waals surface area contributed by atoms with Gasteiger partial charge in [0.25, 0.3) is 0 Å². The van der Waals surface area contributed by atoms with E-state index in [0.717, 1.165) is 5.56 Å². The monoisotopic (exact) mass is 322 g/mol. The molecule has 1 aliphatic heterocycles. The van der Waals surface area contributed by atoms with Crippen molar-refractivity contribution in [1.82, 2.24) is 10.2 Å². The van der Waals surface area contributed by atoms with Gasteiger partial charge in [-0.15, -0.1) is 12.4 Å². The van der Waals surface area contributed by atoms with Gasteiger partial charge in [0.05, 0.1) is 0 Å².